The highest BCUT2D eigenvalue weighted by Gasteiger charge is 2.46. The molecule has 1 fully saturated rings. The van der Waals surface area contributed by atoms with Crippen molar-refractivity contribution in [2.45, 2.75) is 38.1 Å². The lowest BCUT2D eigenvalue weighted by atomic mass is 9.81. The second kappa shape index (κ2) is 5.64. The summed E-state index contributed by atoms with van der Waals surface area (Å²) in [6.07, 6.45) is 4.43. The molecule has 1 saturated carbocycles. The molecule has 16 heavy (non-hydrogen) atoms. The highest BCUT2D eigenvalue weighted by molar-refractivity contribution is 5.74. The zero-order chi connectivity index (χ0) is 12.2. The fourth-order valence-electron chi connectivity index (χ4n) is 2.87. The Balaban J connectivity index is 2.86. The van der Waals surface area contributed by atoms with Crippen molar-refractivity contribution in [2.24, 2.45) is 11.7 Å². The van der Waals surface area contributed by atoms with Crippen molar-refractivity contribution in [3.05, 3.63) is 0 Å². The van der Waals surface area contributed by atoms with E-state index in [1.54, 1.807) is 0 Å². The maximum atomic E-state index is 11.9. The van der Waals surface area contributed by atoms with Crippen LogP contribution in [0.5, 0.6) is 0 Å². The van der Waals surface area contributed by atoms with Gasteiger partial charge in [0.1, 0.15) is 0 Å². The van der Waals surface area contributed by atoms with E-state index in [0.717, 1.165) is 12.8 Å². The van der Waals surface area contributed by atoms with Crippen LogP contribution >= 0.6 is 0 Å². The van der Waals surface area contributed by atoms with Gasteiger partial charge in [0.25, 0.3) is 0 Å². The first-order valence-electron chi connectivity index (χ1n) is 6.12. The molecule has 1 aliphatic rings. The number of nitrogens with zero attached hydrogens (tertiary/aromatic N) is 1. The third kappa shape index (κ3) is 2.38. The molecular weight excluding hydrogens is 204 g/mol. The minimum absolute atomic E-state index is 0.0823. The lowest BCUT2D eigenvalue weighted by molar-refractivity contribution is -0.153. The van der Waals surface area contributed by atoms with Crippen LogP contribution < -0.4 is 5.73 Å². The van der Waals surface area contributed by atoms with Crippen molar-refractivity contribution >= 4 is 5.97 Å². The lowest BCUT2D eigenvalue weighted by Crippen LogP contribution is -2.54. The molecule has 2 N–H and O–H groups in total. The SMILES string of the molecule is CCOC(=O)C(CN)C1(N(C)C)CCCC1. The quantitative estimate of drug-likeness (QED) is 0.713. The Morgan fingerprint density at radius 1 is 1.44 bits per heavy atom. The van der Waals surface area contributed by atoms with E-state index < -0.39 is 0 Å². The number of esters is 1. The van der Waals surface area contributed by atoms with Gasteiger partial charge in [-0.2, -0.15) is 0 Å². The first-order valence-corrected chi connectivity index (χ1v) is 6.12. The van der Waals surface area contributed by atoms with Gasteiger partial charge >= 0.3 is 5.97 Å². The standard InChI is InChI=1S/C12H24N2O2/c1-4-16-11(15)10(9-13)12(14(2)3)7-5-6-8-12/h10H,4-9,13H2,1-3H3. The van der Waals surface area contributed by atoms with Crippen LogP contribution in [0.15, 0.2) is 0 Å². The number of ether oxygens (including phenoxy) is 1. The first-order chi connectivity index (χ1) is 7.58. The van der Waals surface area contributed by atoms with E-state index in [0.29, 0.717) is 13.2 Å². The Bertz CT molecular complexity index is 235. The van der Waals surface area contributed by atoms with Gasteiger partial charge in [0.05, 0.1) is 12.5 Å². The van der Waals surface area contributed by atoms with Gasteiger partial charge in [-0.15, -0.1) is 0 Å². The molecule has 1 rings (SSSR count). The Labute approximate surface area is 98.1 Å². The van der Waals surface area contributed by atoms with E-state index in [1.165, 1.54) is 12.8 Å². The number of nitrogens with two attached hydrogens (primary N) is 1. The maximum Gasteiger partial charge on any atom is 0.312 e. The second-order valence-electron chi connectivity index (χ2n) is 4.75. The van der Waals surface area contributed by atoms with Crippen LogP contribution in [0.4, 0.5) is 0 Å². The minimum Gasteiger partial charge on any atom is -0.466 e. The summed E-state index contributed by atoms with van der Waals surface area (Å²) < 4.78 is 5.14. The molecule has 0 amide bonds. The topological polar surface area (TPSA) is 55.6 Å². The first kappa shape index (κ1) is 13.5. The Morgan fingerprint density at radius 2 is 2.00 bits per heavy atom. The Hall–Kier alpha value is -0.610. The molecule has 0 aliphatic heterocycles. The molecule has 0 heterocycles. The normalized spacial score (nSPS) is 21.1. The fourth-order valence-corrected chi connectivity index (χ4v) is 2.87. The third-order valence-corrected chi connectivity index (χ3v) is 3.82. The molecule has 4 nitrogen and oxygen atoms in total. The van der Waals surface area contributed by atoms with Crippen molar-refractivity contribution in [1.29, 1.82) is 0 Å². The van der Waals surface area contributed by atoms with Crippen LogP contribution in [0.25, 0.3) is 0 Å². The third-order valence-electron chi connectivity index (χ3n) is 3.82. The summed E-state index contributed by atoms with van der Waals surface area (Å²) in [5.41, 5.74) is 5.70. The number of hydrogen-bond acceptors (Lipinski definition) is 4. The summed E-state index contributed by atoms with van der Waals surface area (Å²) >= 11 is 0. The van der Waals surface area contributed by atoms with Crippen LogP contribution in [0.1, 0.15) is 32.6 Å². The summed E-state index contributed by atoms with van der Waals surface area (Å²) in [4.78, 5) is 14.1. The largest absolute Gasteiger partial charge is 0.466 e. The number of hydrogen-bond donors (Lipinski definition) is 1. The Kier molecular flexibility index (Phi) is 4.74. The van der Waals surface area contributed by atoms with Gasteiger partial charge in [-0.1, -0.05) is 12.8 Å². The van der Waals surface area contributed by atoms with E-state index in [9.17, 15) is 4.79 Å². The van der Waals surface area contributed by atoms with Gasteiger partial charge in [-0.05, 0) is 33.9 Å². The van der Waals surface area contributed by atoms with Crippen LogP contribution in [0, 0.1) is 5.92 Å². The van der Waals surface area contributed by atoms with Crippen molar-refractivity contribution in [2.75, 3.05) is 27.2 Å². The van der Waals surface area contributed by atoms with Crippen molar-refractivity contribution in [1.82, 2.24) is 4.90 Å². The summed E-state index contributed by atoms with van der Waals surface area (Å²) in [6.45, 7) is 2.64. The van der Waals surface area contributed by atoms with Gasteiger partial charge < -0.3 is 15.4 Å². The number of rotatable bonds is 5. The number of carbonyl (C=O) groups is 1. The summed E-state index contributed by atoms with van der Waals surface area (Å²) in [5.74, 6) is -0.328. The fraction of sp³-hybridized carbons (Fsp3) is 0.917. The predicted molar refractivity (Wildman–Crippen MR) is 64.1 cm³/mol. The predicted octanol–water partition coefficient (Wildman–Crippen LogP) is 0.999. The molecule has 0 bridgehead atoms. The molecule has 0 aromatic rings. The molecule has 0 spiro atoms. The molecule has 0 aromatic carbocycles. The molecule has 0 aromatic heterocycles. The highest BCUT2D eigenvalue weighted by Crippen LogP contribution is 2.40. The van der Waals surface area contributed by atoms with E-state index in [-0.39, 0.29) is 17.4 Å². The summed E-state index contributed by atoms with van der Waals surface area (Å²) in [7, 11) is 4.07. The van der Waals surface area contributed by atoms with Gasteiger partial charge in [0.15, 0.2) is 0 Å². The maximum absolute atomic E-state index is 11.9. The molecule has 0 radical (unpaired) electrons. The van der Waals surface area contributed by atoms with Crippen molar-refractivity contribution < 1.29 is 9.53 Å². The monoisotopic (exact) mass is 228 g/mol. The molecule has 4 heteroatoms. The molecule has 1 atom stereocenters. The smallest absolute Gasteiger partial charge is 0.312 e. The van der Waals surface area contributed by atoms with Gasteiger partial charge in [0, 0.05) is 12.1 Å². The zero-order valence-electron chi connectivity index (χ0n) is 10.7. The van der Waals surface area contributed by atoms with E-state index >= 15 is 0 Å². The second-order valence-corrected chi connectivity index (χ2v) is 4.75. The van der Waals surface area contributed by atoms with Crippen LogP contribution in [0.2, 0.25) is 0 Å². The zero-order valence-corrected chi connectivity index (χ0v) is 10.7. The average molecular weight is 228 g/mol. The highest BCUT2D eigenvalue weighted by atomic mass is 16.5. The van der Waals surface area contributed by atoms with Gasteiger partial charge in [-0.3, -0.25) is 4.79 Å². The van der Waals surface area contributed by atoms with E-state index in [2.05, 4.69) is 4.90 Å². The molecule has 1 unspecified atom stereocenters. The molecule has 94 valence electrons. The van der Waals surface area contributed by atoms with Crippen LogP contribution in [-0.2, 0) is 9.53 Å². The van der Waals surface area contributed by atoms with Crippen molar-refractivity contribution in [3.63, 3.8) is 0 Å². The summed E-state index contributed by atoms with van der Waals surface area (Å²) in [5, 5.41) is 0. The number of carbonyl (C=O) groups excluding carboxylic acids is 1. The van der Waals surface area contributed by atoms with E-state index in [4.69, 9.17) is 10.5 Å². The van der Waals surface area contributed by atoms with Crippen LogP contribution in [0.3, 0.4) is 0 Å². The van der Waals surface area contributed by atoms with Gasteiger partial charge in [0.2, 0.25) is 0 Å². The lowest BCUT2D eigenvalue weighted by Gasteiger charge is -2.41. The minimum atomic E-state index is -0.190. The summed E-state index contributed by atoms with van der Waals surface area (Å²) in [6, 6.07) is 0. The average Bonchev–Trinajstić information content (AvgIpc) is 2.69. The van der Waals surface area contributed by atoms with Gasteiger partial charge in [-0.25, -0.2) is 0 Å². The molecule has 0 saturated heterocycles. The Morgan fingerprint density at radius 3 is 2.38 bits per heavy atom. The van der Waals surface area contributed by atoms with E-state index in [1.807, 2.05) is 21.0 Å². The van der Waals surface area contributed by atoms with Crippen molar-refractivity contribution in [3.8, 4) is 0 Å². The molecular formula is C12H24N2O2. The van der Waals surface area contributed by atoms with Crippen LogP contribution in [-0.4, -0.2) is 43.7 Å². The molecule has 1 aliphatic carbocycles.